The normalized spacial score (nSPS) is 12.5. The average Bonchev–Trinajstić information content (AvgIpc) is 2.05. The van der Waals surface area contributed by atoms with Crippen LogP contribution in [0, 0.1) is 0 Å². The minimum Gasteiger partial charge on any atom is -0.356 e. The Morgan fingerprint density at radius 1 is 1.54 bits per heavy atom. The fourth-order valence-electron chi connectivity index (χ4n) is 1.03. The summed E-state index contributed by atoms with van der Waals surface area (Å²) in [5, 5.41) is 6.06. The number of rotatable bonds is 7. The fraction of sp³-hybridized carbons (Fsp3) is 0.889. The molecule has 0 fully saturated rings. The summed E-state index contributed by atoms with van der Waals surface area (Å²) in [6.45, 7) is 5.56. The van der Waals surface area contributed by atoms with Gasteiger partial charge in [0, 0.05) is 31.3 Å². The van der Waals surface area contributed by atoms with Crippen LogP contribution >= 0.6 is 11.8 Å². The van der Waals surface area contributed by atoms with Gasteiger partial charge in [0.25, 0.3) is 0 Å². The van der Waals surface area contributed by atoms with Crippen molar-refractivity contribution in [1.82, 2.24) is 10.6 Å². The number of amides is 1. The van der Waals surface area contributed by atoms with Gasteiger partial charge in [-0.1, -0.05) is 0 Å². The number of carbonyl (C=O) groups is 1. The topological polar surface area (TPSA) is 41.1 Å². The summed E-state index contributed by atoms with van der Waals surface area (Å²) in [7, 11) is 0. The van der Waals surface area contributed by atoms with Crippen LogP contribution in [0.2, 0.25) is 0 Å². The Morgan fingerprint density at radius 2 is 2.23 bits per heavy atom. The lowest BCUT2D eigenvalue weighted by molar-refractivity contribution is -0.120. The Bertz CT molecular complexity index is 142. The van der Waals surface area contributed by atoms with Crippen molar-refractivity contribution < 1.29 is 4.79 Å². The van der Waals surface area contributed by atoms with E-state index in [1.807, 2.05) is 18.7 Å². The van der Waals surface area contributed by atoms with Crippen molar-refractivity contribution >= 4 is 17.7 Å². The van der Waals surface area contributed by atoms with Gasteiger partial charge in [-0.2, -0.15) is 11.8 Å². The number of hydrogen-bond acceptors (Lipinski definition) is 3. The summed E-state index contributed by atoms with van der Waals surface area (Å²) in [6.07, 6.45) is 2.66. The zero-order valence-corrected chi connectivity index (χ0v) is 9.54. The molecule has 4 heteroatoms. The number of nitrogens with one attached hydrogen (secondary N) is 2. The molecule has 78 valence electrons. The summed E-state index contributed by atoms with van der Waals surface area (Å²) in [5.41, 5.74) is 0. The highest BCUT2D eigenvalue weighted by Gasteiger charge is 2.01. The van der Waals surface area contributed by atoms with E-state index in [0.29, 0.717) is 12.5 Å². The minimum absolute atomic E-state index is 0.131. The van der Waals surface area contributed by atoms with E-state index in [-0.39, 0.29) is 5.91 Å². The zero-order chi connectivity index (χ0) is 10.1. The fourth-order valence-corrected chi connectivity index (χ4v) is 1.64. The molecule has 2 N–H and O–H groups in total. The van der Waals surface area contributed by atoms with Crippen LogP contribution in [-0.2, 0) is 4.79 Å². The standard InChI is InChI=1S/C9H20N2OS/c1-4-10-9(12)5-6-11-8(2)7-13-3/h8,11H,4-7H2,1-3H3,(H,10,12). The van der Waals surface area contributed by atoms with E-state index >= 15 is 0 Å². The predicted molar refractivity (Wildman–Crippen MR) is 59.1 cm³/mol. The molecular formula is C9H20N2OS. The molecule has 0 aromatic carbocycles. The average molecular weight is 204 g/mol. The lowest BCUT2D eigenvalue weighted by Crippen LogP contribution is -2.33. The van der Waals surface area contributed by atoms with Gasteiger partial charge in [0.1, 0.15) is 0 Å². The molecule has 0 aliphatic carbocycles. The molecule has 0 bridgehead atoms. The summed E-state index contributed by atoms with van der Waals surface area (Å²) < 4.78 is 0. The number of carbonyl (C=O) groups excluding carboxylic acids is 1. The quantitative estimate of drug-likeness (QED) is 0.646. The molecular weight excluding hydrogens is 184 g/mol. The van der Waals surface area contributed by atoms with Crippen molar-refractivity contribution in [2.75, 3.05) is 25.1 Å². The Kier molecular flexibility index (Phi) is 8.24. The van der Waals surface area contributed by atoms with Crippen LogP contribution in [0.1, 0.15) is 20.3 Å². The second-order valence-corrected chi connectivity index (χ2v) is 3.92. The van der Waals surface area contributed by atoms with Gasteiger partial charge in [-0.05, 0) is 20.1 Å². The van der Waals surface area contributed by atoms with Crippen LogP contribution < -0.4 is 10.6 Å². The van der Waals surface area contributed by atoms with Gasteiger partial charge in [-0.3, -0.25) is 4.79 Å². The zero-order valence-electron chi connectivity index (χ0n) is 8.72. The van der Waals surface area contributed by atoms with Crippen molar-refractivity contribution in [1.29, 1.82) is 0 Å². The van der Waals surface area contributed by atoms with Gasteiger partial charge in [-0.15, -0.1) is 0 Å². The molecule has 0 radical (unpaired) electrons. The second-order valence-electron chi connectivity index (χ2n) is 3.01. The van der Waals surface area contributed by atoms with E-state index in [1.165, 1.54) is 0 Å². The molecule has 0 saturated carbocycles. The third-order valence-corrected chi connectivity index (χ3v) is 2.47. The summed E-state index contributed by atoms with van der Waals surface area (Å²) in [4.78, 5) is 11.0. The first-order valence-corrected chi connectivity index (χ1v) is 6.09. The van der Waals surface area contributed by atoms with Gasteiger partial charge >= 0.3 is 0 Å². The van der Waals surface area contributed by atoms with Gasteiger partial charge in [-0.25, -0.2) is 0 Å². The van der Waals surface area contributed by atoms with Crippen LogP contribution in [0.4, 0.5) is 0 Å². The van der Waals surface area contributed by atoms with E-state index in [2.05, 4.69) is 23.8 Å². The molecule has 0 aliphatic rings. The first-order chi connectivity index (χ1) is 6.20. The van der Waals surface area contributed by atoms with Gasteiger partial charge in [0.2, 0.25) is 5.91 Å². The van der Waals surface area contributed by atoms with Gasteiger partial charge < -0.3 is 10.6 Å². The second kappa shape index (κ2) is 8.38. The maximum Gasteiger partial charge on any atom is 0.221 e. The molecule has 0 heterocycles. The van der Waals surface area contributed by atoms with Crippen LogP contribution in [0.15, 0.2) is 0 Å². The summed E-state index contributed by atoms with van der Waals surface area (Å²) in [5.74, 6) is 1.22. The van der Waals surface area contributed by atoms with E-state index in [1.54, 1.807) is 0 Å². The Morgan fingerprint density at radius 3 is 2.77 bits per heavy atom. The molecule has 1 atom stereocenters. The molecule has 0 aliphatic heterocycles. The Labute approximate surface area is 85.0 Å². The highest BCUT2D eigenvalue weighted by Crippen LogP contribution is 1.95. The maximum absolute atomic E-state index is 11.0. The largest absolute Gasteiger partial charge is 0.356 e. The van der Waals surface area contributed by atoms with Crippen molar-refractivity contribution in [3.8, 4) is 0 Å². The smallest absolute Gasteiger partial charge is 0.221 e. The molecule has 1 unspecified atom stereocenters. The SMILES string of the molecule is CCNC(=O)CCNC(C)CSC. The van der Waals surface area contributed by atoms with Crippen LogP contribution in [0.25, 0.3) is 0 Å². The van der Waals surface area contributed by atoms with Gasteiger partial charge in [0.05, 0.1) is 0 Å². The van der Waals surface area contributed by atoms with Gasteiger partial charge in [0.15, 0.2) is 0 Å². The monoisotopic (exact) mass is 204 g/mol. The first kappa shape index (κ1) is 12.8. The highest BCUT2D eigenvalue weighted by atomic mass is 32.2. The van der Waals surface area contributed by atoms with E-state index < -0.39 is 0 Å². The van der Waals surface area contributed by atoms with Crippen molar-refractivity contribution in [3.63, 3.8) is 0 Å². The summed E-state index contributed by atoms with van der Waals surface area (Å²) in [6, 6.07) is 0.490. The van der Waals surface area contributed by atoms with Crippen LogP contribution in [0.5, 0.6) is 0 Å². The molecule has 13 heavy (non-hydrogen) atoms. The van der Waals surface area contributed by atoms with E-state index in [4.69, 9.17) is 0 Å². The molecule has 1 amide bonds. The Hall–Kier alpha value is -0.220. The highest BCUT2D eigenvalue weighted by molar-refractivity contribution is 7.98. The van der Waals surface area contributed by atoms with Crippen LogP contribution in [-0.4, -0.2) is 37.0 Å². The Balaban J connectivity index is 3.28. The maximum atomic E-state index is 11.0. The number of thioether (sulfide) groups is 1. The van der Waals surface area contributed by atoms with E-state index in [0.717, 1.165) is 18.8 Å². The van der Waals surface area contributed by atoms with Crippen molar-refractivity contribution in [3.05, 3.63) is 0 Å². The van der Waals surface area contributed by atoms with Crippen molar-refractivity contribution in [2.24, 2.45) is 0 Å². The molecule has 0 rings (SSSR count). The lowest BCUT2D eigenvalue weighted by Gasteiger charge is -2.11. The summed E-state index contributed by atoms with van der Waals surface area (Å²) >= 11 is 1.82. The third-order valence-electron chi connectivity index (χ3n) is 1.64. The lowest BCUT2D eigenvalue weighted by atomic mass is 10.3. The predicted octanol–water partition coefficient (Wildman–Crippen LogP) is 0.854. The van der Waals surface area contributed by atoms with E-state index in [9.17, 15) is 4.79 Å². The number of hydrogen-bond donors (Lipinski definition) is 2. The van der Waals surface area contributed by atoms with Crippen molar-refractivity contribution in [2.45, 2.75) is 26.3 Å². The third kappa shape index (κ3) is 8.12. The minimum atomic E-state index is 0.131. The molecule has 0 aromatic rings. The molecule has 0 aromatic heterocycles. The molecule has 0 saturated heterocycles. The molecule has 3 nitrogen and oxygen atoms in total. The first-order valence-electron chi connectivity index (χ1n) is 4.69. The van der Waals surface area contributed by atoms with Crippen LogP contribution in [0.3, 0.4) is 0 Å². The molecule has 0 spiro atoms.